The van der Waals surface area contributed by atoms with E-state index in [2.05, 4.69) is 10.3 Å². The maximum absolute atomic E-state index is 13.4. The van der Waals surface area contributed by atoms with E-state index in [-0.39, 0.29) is 17.6 Å². The summed E-state index contributed by atoms with van der Waals surface area (Å²) in [6.07, 6.45) is 0.622. The molecule has 2 atom stereocenters. The fourth-order valence-corrected chi connectivity index (χ4v) is 4.83. The van der Waals surface area contributed by atoms with Crippen molar-refractivity contribution in [3.8, 4) is 5.75 Å². The van der Waals surface area contributed by atoms with E-state index in [0.717, 1.165) is 27.3 Å². The van der Waals surface area contributed by atoms with E-state index >= 15 is 0 Å². The summed E-state index contributed by atoms with van der Waals surface area (Å²) in [7, 11) is 0. The highest BCUT2D eigenvalue weighted by Gasteiger charge is 2.49. The summed E-state index contributed by atoms with van der Waals surface area (Å²) in [6, 6.07) is 15.5. The number of aromatic hydroxyl groups is 1. The number of hydrogen-bond acceptors (Lipinski definition) is 4. The first kappa shape index (κ1) is 17.7. The van der Waals surface area contributed by atoms with Crippen molar-refractivity contribution in [1.29, 1.82) is 0 Å². The molecule has 138 valence electrons. The molecular weight excluding hydrogens is 356 g/mol. The number of hydrogen-bond donors (Lipinski definition) is 2. The molecule has 1 aromatic heterocycles. The number of carbonyl (C=O) groups is 1. The molecule has 2 N–H and O–H groups in total. The Morgan fingerprint density at radius 1 is 1.22 bits per heavy atom. The Hall–Kier alpha value is -2.66. The molecule has 3 aromatic rings. The second-order valence-corrected chi connectivity index (χ2v) is 8.64. The smallest absolute Gasteiger partial charge is 0.233 e. The third-order valence-corrected chi connectivity index (χ3v) is 6.52. The average molecular weight is 378 g/mol. The summed E-state index contributed by atoms with van der Waals surface area (Å²) in [5.74, 6) is 0.0641. The van der Waals surface area contributed by atoms with Crippen LogP contribution in [0.15, 0.2) is 48.5 Å². The number of nitrogens with zero attached hydrogens (tertiary/aromatic N) is 1. The van der Waals surface area contributed by atoms with Crippen molar-refractivity contribution in [3.05, 3.63) is 75.8 Å². The van der Waals surface area contributed by atoms with E-state index in [0.29, 0.717) is 11.6 Å². The number of phenols is 1. The van der Waals surface area contributed by atoms with Gasteiger partial charge in [-0.3, -0.25) is 4.79 Å². The van der Waals surface area contributed by atoms with E-state index in [1.54, 1.807) is 12.1 Å². The Bertz CT molecular complexity index is 993. The molecule has 0 fully saturated rings. The van der Waals surface area contributed by atoms with Crippen LogP contribution in [-0.4, -0.2) is 16.0 Å². The standard InChI is InChI=1S/C22H22N2O2S/c1-13-14(2)27-21(23-13)24-20(26)22(3)12-16-9-10-17(25)11-18(16)19(22)15-7-5-4-6-8-15/h4-11,19,25H,12H2,1-3H3,(H,23,24,26). The number of amides is 1. The number of nitrogens with one attached hydrogen (secondary N) is 1. The van der Waals surface area contributed by atoms with Crippen LogP contribution in [0.2, 0.25) is 0 Å². The zero-order valence-electron chi connectivity index (χ0n) is 15.6. The Morgan fingerprint density at radius 3 is 2.63 bits per heavy atom. The molecule has 5 heteroatoms. The Balaban J connectivity index is 1.76. The predicted molar refractivity (Wildman–Crippen MR) is 108 cm³/mol. The Morgan fingerprint density at radius 2 is 1.96 bits per heavy atom. The summed E-state index contributed by atoms with van der Waals surface area (Å²) in [4.78, 5) is 19.0. The fraction of sp³-hybridized carbons (Fsp3) is 0.273. The second kappa shape index (κ2) is 6.50. The number of phenolic OH excluding ortho intramolecular Hbond substituents is 1. The number of anilines is 1. The summed E-state index contributed by atoms with van der Waals surface area (Å²) >= 11 is 1.50. The zero-order valence-corrected chi connectivity index (χ0v) is 16.4. The molecule has 1 aliphatic carbocycles. The first-order chi connectivity index (χ1) is 12.9. The first-order valence-electron chi connectivity index (χ1n) is 9.01. The molecule has 4 nitrogen and oxygen atoms in total. The monoisotopic (exact) mass is 378 g/mol. The van der Waals surface area contributed by atoms with Gasteiger partial charge in [0.25, 0.3) is 0 Å². The van der Waals surface area contributed by atoms with Gasteiger partial charge in [0.1, 0.15) is 5.75 Å². The van der Waals surface area contributed by atoms with E-state index in [4.69, 9.17) is 0 Å². The highest BCUT2D eigenvalue weighted by Crippen LogP contribution is 2.52. The number of rotatable bonds is 3. The third kappa shape index (κ3) is 3.02. The van der Waals surface area contributed by atoms with Crippen molar-refractivity contribution in [2.24, 2.45) is 5.41 Å². The summed E-state index contributed by atoms with van der Waals surface area (Å²) < 4.78 is 0. The van der Waals surface area contributed by atoms with Crippen molar-refractivity contribution in [2.45, 2.75) is 33.1 Å². The largest absolute Gasteiger partial charge is 0.508 e. The minimum atomic E-state index is -0.662. The van der Waals surface area contributed by atoms with Crippen molar-refractivity contribution < 1.29 is 9.90 Å². The molecular formula is C22H22N2O2S. The fourth-order valence-electron chi connectivity index (χ4n) is 4.02. The maximum Gasteiger partial charge on any atom is 0.233 e. The number of aromatic nitrogens is 1. The van der Waals surface area contributed by atoms with Crippen LogP contribution in [0.4, 0.5) is 5.13 Å². The van der Waals surface area contributed by atoms with Crippen molar-refractivity contribution in [1.82, 2.24) is 4.98 Å². The van der Waals surface area contributed by atoms with Gasteiger partial charge in [0.2, 0.25) is 5.91 Å². The molecule has 0 spiro atoms. The lowest BCUT2D eigenvalue weighted by Crippen LogP contribution is -2.37. The average Bonchev–Trinajstić information content (AvgIpc) is 3.11. The number of thiazole rings is 1. The number of fused-ring (bicyclic) bond motifs is 1. The molecule has 27 heavy (non-hydrogen) atoms. The van der Waals surface area contributed by atoms with Crippen LogP contribution in [0.3, 0.4) is 0 Å². The van der Waals surface area contributed by atoms with E-state index in [1.165, 1.54) is 11.3 Å². The summed E-state index contributed by atoms with van der Waals surface area (Å²) in [5.41, 5.74) is 3.48. The van der Waals surface area contributed by atoms with Gasteiger partial charge in [0.15, 0.2) is 5.13 Å². The first-order valence-corrected chi connectivity index (χ1v) is 9.82. The molecule has 1 heterocycles. The van der Waals surface area contributed by atoms with Crippen molar-refractivity contribution >= 4 is 22.4 Å². The summed E-state index contributed by atoms with van der Waals surface area (Å²) in [6.45, 7) is 5.96. The second-order valence-electron chi connectivity index (χ2n) is 7.44. The molecule has 0 aliphatic heterocycles. The van der Waals surface area contributed by atoms with Gasteiger partial charge in [-0.05, 0) is 56.0 Å². The Labute approximate surface area is 162 Å². The molecule has 1 amide bonds. The molecule has 0 bridgehead atoms. The Kier molecular flexibility index (Phi) is 4.27. The van der Waals surface area contributed by atoms with Gasteiger partial charge in [-0.1, -0.05) is 36.4 Å². The topological polar surface area (TPSA) is 62.2 Å². The lowest BCUT2D eigenvalue weighted by atomic mass is 9.73. The number of benzene rings is 2. The quantitative estimate of drug-likeness (QED) is 0.688. The van der Waals surface area contributed by atoms with Crippen LogP contribution in [0, 0.1) is 19.3 Å². The van der Waals surface area contributed by atoms with Crippen LogP contribution in [0.5, 0.6) is 5.75 Å². The molecule has 0 radical (unpaired) electrons. The van der Waals surface area contributed by atoms with Gasteiger partial charge in [-0.15, -0.1) is 11.3 Å². The van der Waals surface area contributed by atoms with Crippen LogP contribution in [-0.2, 0) is 11.2 Å². The van der Waals surface area contributed by atoms with Gasteiger partial charge in [0, 0.05) is 10.8 Å². The minimum absolute atomic E-state index is 0.0409. The van der Waals surface area contributed by atoms with Crippen LogP contribution < -0.4 is 5.32 Å². The number of aryl methyl sites for hydroxylation is 2. The molecule has 0 saturated carbocycles. The SMILES string of the molecule is Cc1nc(NC(=O)C2(C)Cc3ccc(O)cc3C2c2ccccc2)sc1C. The van der Waals surface area contributed by atoms with Crippen molar-refractivity contribution in [3.63, 3.8) is 0 Å². The lowest BCUT2D eigenvalue weighted by molar-refractivity contribution is -0.125. The lowest BCUT2D eigenvalue weighted by Gasteiger charge is -2.31. The molecule has 0 saturated heterocycles. The van der Waals surface area contributed by atoms with Gasteiger partial charge < -0.3 is 10.4 Å². The van der Waals surface area contributed by atoms with E-state index < -0.39 is 5.41 Å². The van der Waals surface area contributed by atoms with Gasteiger partial charge in [0.05, 0.1) is 11.1 Å². The molecule has 1 aliphatic rings. The van der Waals surface area contributed by atoms with Gasteiger partial charge in [-0.2, -0.15) is 0 Å². The zero-order chi connectivity index (χ0) is 19.2. The molecule has 2 aromatic carbocycles. The van der Waals surface area contributed by atoms with Gasteiger partial charge in [-0.25, -0.2) is 4.98 Å². The normalized spacial score (nSPS) is 21.1. The highest BCUT2D eigenvalue weighted by atomic mass is 32.1. The van der Waals surface area contributed by atoms with Crippen LogP contribution >= 0.6 is 11.3 Å². The van der Waals surface area contributed by atoms with E-state index in [9.17, 15) is 9.90 Å². The number of carbonyl (C=O) groups excluding carboxylic acids is 1. The maximum atomic E-state index is 13.4. The summed E-state index contributed by atoms with van der Waals surface area (Å²) in [5, 5.41) is 13.7. The van der Waals surface area contributed by atoms with Crippen molar-refractivity contribution in [2.75, 3.05) is 5.32 Å². The third-order valence-electron chi connectivity index (χ3n) is 5.54. The van der Waals surface area contributed by atoms with E-state index in [1.807, 2.05) is 57.2 Å². The van der Waals surface area contributed by atoms with Crippen LogP contribution in [0.25, 0.3) is 0 Å². The predicted octanol–water partition coefficient (Wildman–Crippen LogP) is 4.80. The molecule has 2 unspecified atom stereocenters. The van der Waals surface area contributed by atoms with Gasteiger partial charge >= 0.3 is 0 Å². The highest BCUT2D eigenvalue weighted by molar-refractivity contribution is 7.15. The molecule has 4 rings (SSSR count). The minimum Gasteiger partial charge on any atom is -0.508 e. The van der Waals surface area contributed by atoms with Crippen LogP contribution in [0.1, 0.15) is 40.1 Å².